The molecule has 316 valence electrons. The summed E-state index contributed by atoms with van der Waals surface area (Å²) in [6.07, 6.45) is 8.34. The number of nitrogens with zero attached hydrogens (tertiary/aromatic N) is 4. The van der Waals surface area contributed by atoms with Gasteiger partial charge in [-0.3, -0.25) is 9.36 Å². The highest BCUT2D eigenvalue weighted by Crippen LogP contribution is 2.42. The molecule has 4 aromatic rings. The number of ether oxygens (including phenoxy) is 1. The maximum atomic E-state index is 15.8. The molecule has 17 nitrogen and oxygen atoms in total. The molecule has 0 aliphatic heterocycles. The summed E-state index contributed by atoms with van der Waals surface area (Å²) in [4.78, 5) is 26.2. The fourth-order valence-electron chi connectivity index (χ4n) is 8.81. The number of urea groups is 2. The van der Waals surface area contributed by atoms with Crippen LogP contribution < -0.4 is 20.1 Å². The molecule has 4 aliphatic rings. The number of halogens is 1. The van der Waals surface area contributed by atoms with Gasteiger partial charge in [-0.05, 0) is 128 Å². The smallest absolute Gasteiger partial charge is 0.333 e. The maximum absolute atomic E-state index is 15.8. The van der Waals surface area contributed by atoms with E-state index in [1.54, 1.807) is 13.8 Å². The first kappa shape index (κ1) is 40.9. The summed E-state index contributed by atoms with van der Waals surface area (Å²) in [5, 5.41) is 33.6. The highest BCUT2D eigenvalue weighted by molar-refractivity contribution is 7.90. The largest absolute Gasteiger partial charge is 0.389 e. The number of amides is 4. The van der Waals surface area contributed by atoms with E-state index in [9.17, 15) is 36.6 Å². The van der Waals surface area contributed by atoms with Gasteiger partial charge in [0, 0.05) is 36.6 Å². The summed E-state index contributed by atoms with van der Waals surface area (Å²) >= 11 is 0. The van der Waals surface area contributed by atoms with Crippen LogP contribution in [0.4, 0.5) is 25.4 Å². The van der Waals surface area contributed by atoms with Gasteiger partial charge < -0.3 is 25.6 Å². The van der Waals surface area contributed by atoms with Crippen molar-refractivity contribution in [1.82, 2.24) is 29.0 Å². The van der Waals surface area contributed by atoms with Gasteiger partial charge in [-0.25, -0.2) is 23.4 Å². The summed E-state index contributed by atoms with van der Waals surface area (Å²) < 4.78 is 80.6. The van der Waals surface area contributed by atoms with Crippen LogP contribution >= 0.6 is 0 Å². The van der Waals surface area contributed by atoms with Crippen LogP contribution in [0.5, 0.6) is 0 Å². The van der Waals surface area contributed by atoms with E-state index in [1.165, 1.54) is 45.0 Å². The van der Waals surface area contributed by atoms with Crippen molar-refractivity contribution in [2.45, 2.75) is 125 Å². The number of rotatable bonds is 13. The van der Waals surface area contributed by atoms with Crippen LogP contribution in [0.15, 0.2) is 40.6 Å². The molecule has 0 radical (unpaired) electrons. The molecule has 2 heterocycles. The average Bonchev–Trinajstić information content (AvgIpc) is 4.00. The lowest BCUT2D eigenvalue weighted by molar-refractivity contribution is -0.0120. The second-order valence-electron chi connectivity index (χ2n) is 16.4. The van der Waals surface area contributed by atoms with Crippen molar-refractivity contribution < 1.29 is 45.8 Å². The zero-order valence-corrected chi connectivity index (χ0v) is 34.3. The van der Waals surface area contributed by atoms with Gasteiger partial charge in [-0.2, -0.15) is 27.0 Å². The number of carbonyl (C=O) groups excluding carboxylic acids is 2. The van der Waals surface area contributed by atoms with E-state index in [2.05, 4.69) is 31.6 Å². The lowest BCUT2D eigenvalue weighted by Crippen LogP contribution is -2.35. The van der Waals surface area contributed by atoms with Gasteiger partial charge in [-0.15, -0.1) is 0 Å². The molecule has 2 atom stereocenters. The first-order valence-electron chi connectivity index (χ1n) is 19.7. The predicted octanol–water partition coefficient (Wildman–Crippen LogP) is 3.02. The van der Waals surface area contributed by atoms with Gasteiger partial charge in [-0.1, -0.05) is 6.07 Å². The minimum Gasteiger partial charge on any atom is -0.389 e. The van der Waals surface area contributed by atoms with Crippen LogP contribution in [0.3, 0.4) is 0 Å². The van der Waals surface area contributed by atoms with Gasteiger partial charge in [0.05, 0.1) is 37.5 Å². The minimum atomic E-state index is -4.40. The normalized spacial score (nSPS) is 17.6. The quantitative estimate of drug-likeness (QED) is 0.114. The van der Waals surface area contributed by atoms with Crippen molar-refractivity contribution >= 4 is 43.5 Å². The van der Waals surface area contributed by atoms with Crippen molar-refractivity contribution in [3.05, 3.63) is 80.9 Å². The Bertz CT molecular complexity index is 2530. The monoisotopic (exact) mass is 854 g/mol. The molecule has 0 fully saturated rings. The number of aromatic nitrogens is 4. The van der Waals surface area contributed by atoms with E-state index in [4.69, 9.17) is 4.74 Å². The van der Waals surface area contributed by atoms with E-state index >= 15 is 4.39 Å². The zero-order chi connectivity index (χ0) is 41.9. The Kier molecular flexibility index (Phi) is 10.8. The molecular weight excluding hydrogens is 808 g/mol. The van der Waals surface area contributed by atoms with Crippen LogP contribution in [0, 0.1) is 5.82 Å². The molecule has 1 unspecified atom stereocenters. The van der Waals surface area contributed by atoms with Gasteiger partial charge in [0.25, 0.3) is 20.0 Å². The van der Waals surface area contributed by atoms with E-state index in [0.29, 0.717) is 52.9 Å². The molecule has 2 aromatic heterocycles. The molecule has 2 aromatic carbocycles. The van der Waals surface area contributed by atoms with E-state index in [1.807, 2.05) is 4.72 Å². The zero-order valence-electron chi connectivity index (χ0n) is 32.7. The Morgan fingerprint density at radius 1 is 0.797 bits per heavy atom. The van der Waals surface area contributed by atoms with Crippen molar-refractivity contribution in [2.24, 2.45) is 0 Å². The van der Waals surface area contributed by atoms with Crippen molar-refractivity contribution in [2.75, 3.05) is 17.2 Å². The number of nitrogens with one attached hydrogen (secondary N) is 4. The average molecular weight is 855 g/mol. The Balaban J connectivity index is 0.872. The van der Waals surface area contributed by atoms with E-state index < -0.39 is 60.0 Å². The number of benzene rings is 2. The number of aliphatic hydroxyl groups is 2. The third-order valence-electron chi connectivity index (χ3n) is 11.2. The molecule has 0 spiro atoms. The summed E-state index contributed by atoms with van der Waals surface area (Å²) in [7, 11) is -8.75. The number of sulfonamides is 2. The standard InChI is InChI=1S/C39H47FN8O9S2/c1-39(2,52)21-48-15-13-33(44-48)59(55,56)46-38(51)42-36-29-11-5-10-28(29)34(40)30-17-25(18-31(30)36)57-20-24(49)19-47-14-12-32(43-47)58(53,54)45-37(50)41-35-26-8-3-6-22(26)16-23-7-4-9-27(23)35/h12-16,24-25,49,52H,3-11,17-21H2,1-2H3,(H2,41,45,50)(H2,42,46,51)/t24-,25?/m1/s1. The summed E-state index contributed by atoms with van der Waals surface area (Å²) in [5.74, 6) is -0.390. The number of carbonyl (C=O) groups is 2. The van der Waals surface area contributed by atoms with Crippen LogP contribution in [-0.2, 0) is 89.2 Å². The molecular formula is C39H47FN8O9S2. The molecule has 6 N–H and O–H groups in total. The van der Waals surface area contributed by atoms with Crippen LogP contribution in [0.1, 0.15) is 77.6 Å². The maximum Gasteiger partial charge on any atom is 0.333 e. The van der Waals surface area contributed by atoms with Crippen LogP contribution in [0.25, 0.3) is 0 Å². The molecule has 8 rings (SSSR count). The first-order chi connectivity index (χ1) is 27.9. The number of hydrogen-bond acceptors (Lipinski definition) is 11. The van der Waals surface area contributed by atoms with Crippen LogP contribution in [-0.4, -0.2) is 83.1 Å². The first-order valence-corrected chi connectivity index (χ1v) is 22.7. The fourth-order valence-corrected chi connectivity index (χ4v) is 10.5. The molecule has 20 heteroatoms. The van der Waals surface area contributed by atoms with Crippen molar-refractivity contribution in [3.8, 4) is 0 Å². The van der Waals surface area contributed by atoms with Crippen LogP contribution in [0.2, 0.25) is 0 Å². The predicted molar refractivity (Wildman–Crippen MR) is 212 cm³/mol. The third-order valence-corrected chi connectivity index (χ3v) is 13.7. The second kappa shape index (κ2) is 15.6. The van der Waals surface area contributed by atoms with Gasteiger partial charge in [0.2, 0.25) is 0 Å². The molecule has 0 saturated heterocycles. The van der Waals surface area contributed by atoms with Gasteiger partial charge >= 0.3 is 12.1 Å². The summed E-state index contributed by atoms with van der Waals surface area (Å²) in [5.41, 5.74) is 6.26. The highest BCUT2D eigenvalue weighted by Gasteiger charge is 2.35. The Morgan fingerprint density at radius 2 is 1.31 bits per heavy atom. The second-order valence-corrected chi connectivity index (χ2v) is 19.6. The highest BCUT2D eigenvalue weighted by atomic mass is 32.2. The molecule has 4 amide bonds. The lowest BCUT2D eigenvalue weighted by atomic mass is 9.98. The number of anilines is 2. The van der Waals surface area contributed by atoms with Gasteiger partial charge in [0.15, 0.2) is 10.1 Å². The summed E-state index contributed by atoms with van der Waals surface area (Å²) in [6, 6.07) is 2.71. The third kappa shape index (κ3) is 8.59. The molecule has 0 saturated carbocycles. The topological polar surface area (TPSA) is 236 Å². The van der Waals surface area contributed by atoms with E-state index in [-0.39, 0.29) is 38.4 Å². The number of aryl methyl sites for hydroxylation is 2. The van der Waals surface area contributed by atoms with Crippen molar-refractivity contribution in [1.29, 1.82) is 0 Å². The fraction of sp³-hybridized carbons (Fsp3) is 0.487. The number of hydrogen-bond donors (Lipinski definition) is 6. The molecule has 0 bridgehead atoms. The minimum absolute atomic E-state index is 0.0221. The SMILES string of the molecule is CC(C)(O)Cn1ccc(S(=O)(=O)NC(=O)Nc2c3c(c(F)c4c2CC(OC[C@H](O)Cn2ccc(S(=O)(=O)NC(=O)Nc5c6c(cc7c5CCC7)CCC6)n2)C4)CCC3)n1. The van der Waals surface area contributed by atoms with Crippen molar-refractivity contribution in [3.63, 3.8) is 0 Å². The Hall–Kier alpha value is -4.89. The Morgan fingerprint density at radius 3 is 1.92 bits per heavy atom. The lowest BCUT2D eigenvalue weighted by Gasteiger charge is -2.18. The summed E-state index contributed by atoms with van der Waals surface area (Å²) in [6.45, 7) is 2.75. The number of aliphatic hydroxyl groups excluding tert-OH is 1. The number of fused-ring (bicyclic) bond motifs is 4. The Labute approximate surface area is 340 Å². The van der Waals surface area contributed by atoms with E-state index in [0.717, 1.165) is 49.7 Å². The van der Waals surface area contributed by atoms with Gasteiger partial charge in [0.1, 0.15) is 5.82 Å². The molecule has 59 heavy (non-hydrogen) atoms. The molecule has 4 aliphatic carbocycles.